The van der Waals surface area contributed by atoms with Crippen LogP contribution < -0.4 is 10.6 Å². The highest BCUT2D eigenvalue weighted by Crippen LogP contribution is 2.21. The number of benzene rings is 1. The minimum atomic E-state index is -0.149. The molecule has 1 aliphatic rings. The van der Waals surface area contributed by atoms with Crippen LogP contribution in [0.25, 0.3) is 10.9 Å². The quantitative estimate of drug-likeness (QED) is 0.911. The summed E-state index contributed by atoms with van der Waals surface area (Å²) < 4.78 is 0. The minimum absolute atomic E-state index is 0.0283. The van der Waals surface area contributed by atoms with Crippen molar-refractivity contribution in [2.24, 2.45) is 0 Å². The van der Waals surface area contributed by atoms with E-state index >= 15 is 0 Å². The van der Waals surface area contributed by atoms with E-state index in [0.29, 0.717) is 25.2 Å². The summed E-state index contributed by atoms with van der Waals surface area (Å²) in [6.07, 6.45) is 3.97. The Morgan fingerprint density at radius 3 is 2.96 bits per heavy atom. The lowest BCUT2D eigenvalue weighted by atomic mass is 10.1. The second kappa shape index (κ2) is 7.29. The topological polar surface area (TPSA) is 74.3 Å². The molecule has 3 rings (SSSR count). The number of likely N-dealkylation sites (tertiary alicyclic amines) is 1. The summed E-state index contributed by atoms with van der Waals surface area (Å²) in [4.78, 5) is 30.3. The van der Waals surface area contributed by atoms with Crippen molar-refractivity contribution in [3.63, 3.8) is 0 Å². The van der Waals surface area contributed by atoms with Crippen LogP contribution >= 0.6 is 0 Å². The summed E-state index contributed by atoms with van der Waals surface area (Å²) in [5.74, 6) is 0.0283. The summed E-state index contributed by atoms with van der Waals surface area (Å²) in [6.45, 7) is 3.06. The van der Waals surface area contributed by atoms with Crippen LogP contribution in [0.3, 0.4) is 0 Å². The van der Waals surface area contributed by atoms with Gasteiger partial charge < -0.3 is 15.5 Å². The van der Waals surface area contributed by atoms with Crippen molar-refractivity contribution < 1.29 is 9.59 Å². The maximum Gasteiger partial charge on any atom is 0.321 e. The van der Waals surface area contributed by atoms with Crippen LogP contribution in [0.1, 0.15) is 26.2 Å². The number of anilines is 1. The predicted octanol–water partition coefficient (Wildman–Crippen LogP) is 2.76. The fourth-order valence-corrected chi connectivity index (χ4v) is 3.01. The Morgan fingerprint density at radius 2 is 2.12 bits per heavy atom. The number of urea groups is 1. The van der Waals surface area contributed by atoms with Crippen molar-refractivity contribution in [3.05, 3.63) is 36.5 Å². The summed E-state index contributed by atoms with van der Waals surface area (Å²) >= 11 is 0. The Balaban J connectivity index is 1.69. The molecule has 0 radical (unpaired) electrons. The first-order chi connectivity index (χ1) is 11.7. The Kier molecular flexibility index (Phi) is 4.93. The van der Waals surface area contributed by atoms with E-state index in [1.807, 2.05) is 37.3 Å². The molecule has 3 amide bonds. The SMILES string of the molecule is CCC(=O)NC1CCCN(C(=O)Nc2cccc3cccnc23)C1. The van der Waals surface area contributed by atoms with Crippen molar-refractivity contribution in [1.29, 1.82) is 0 Å². The molecule has 24 heavy (non-hydrogen) atoms. The lowest BCUT2D eigenvalue weighted by molar-refractivity contribution is -0.121. The third-order valence-electron chi connectivity index (χ3n) is 4.27. The third-order valence-corrected chi connectivity index (χ3v) is 4.27. The van der Waals surface area contributed by atoms with Crippen molar-refractivity contribution in [1.82, 2.24) is 15.2 Å². The highest BCUT2D eigenvalue weighted by Gasteiger charge is 2.24. The number of nitrogens with zero attached hydrogens (tertiary/aromatic N) is 2. The van der Waals surface area contributed by atoms with Gasteiger partial charge in [0.2, 0.25) is 5.91 Å². The predicted molar refractivity (Wildman–Crippen MR) is 93.8 cm³/mol. The molecule has 0 spiro atoms. The van der Waals surface area contributed by atoms with E-state index in [-0.39, 0.29) is 18.0 Å². The monoisotopic (exact) mass is 326 g/mol. The number of aromatic nitrogens is 1. The average molecular weight is 326 g/mol. The maximum absolute atomic E-state index is 12.6. The molecule has 126 valence electrons. The molecule has 1 aromatic heterocycles. The van der Waals surface area contributed by atoms with E-state index in [0.717, 1.165) is 23.7 Å². The summed E-state index contributed by atoms with van der Waals surface area (Å²) in [5, 5.41) is 6.92. The molecule has 1 aromatic carbocycles. The van der Waals surface area contributed by atoms with E-state index in [1.54, 1.807) is 11.1 Å². The molecule has 1 fully saturated rings. The van der Waals surface area contributed by atoms with E-state index in [9.17, 15) is 9.59 Å². The number of amides is 3. The lowest BCUT2D eigenvalue weighted by Gasteiger charge is -2.33. The molecule has 2 heterocycles. The van der Waals surface area contributed by atoms with Gasteiger partial charge in [0.15, 0.2) is 0 Å². The molecule has 0 aliphatic carbocycles. The van der Waals surface area contributed by atoms with Crippen molar-refractivity contribution in [3.8, 4) is 0 Å². The summed E-state index contributed by atoms with van der Waals surface area (Å²) in [7, 11) is 0. The van der Waals surface area contributed by atoms with Gasteiger partial charge in [-0.25, -0.2) is 4.79 Å². The molecule has 1 saturated heterocycles. The van der Waals surface area contributed by atoms with Gasteiger partial charge in [-0.2, -0.15) is 0 Å². The maximum atomic E-state index is 12.6. The molecule has 1 atom stereocenters. The number of carbonyl (C=O) groups excluding carboxylic acids is 2. The molecular weight excluding hydrogens is 304 g/mol. The molecule has 2 aromatic rings. The van der Waals surface area contributed by atoms with Crippen LogP contribution in [0.4, 0.5) is 10.5 Å². The first-order valence-electron chi connectivity index (χ1n) is 8.36. The van der Waals surface area contributed by atoms with Gasteiger partial charge in [-0.05, 0) is 25.0 Å². The van der Waals surface area contributed by atoms with Gasteiger partial charge in [-0.1, -0.05) is 25.1 Å². The minimum Gasteiger partial charge on any atom is -0.352 e. The smallest absolute Gasteiger partial charge is 0.321 e. The van der Waals surface area contributed by atoms with Crippen molar-refractivity contribution >= 4 is 28.5 Å². The van der Waals surface area contributed by atoms with Crippen LogP contribution in [0.15, 0.2) is 36.5 Å². The van der Waals surface area contributed by atoms with Crippen molar-refractivity contribution in [2.75, 3.05) is 18.4 Å². The number of fused-ring (bicyclic) bond motifs is 1. The van der Waals surface area contributed by atoms with Gasteiger partial charge in [0.1, 0.15) is 0 Å². The molecule has 0 saturated carbocycles. The molecule has 6 nitrogen and oxygen atoms in total. The van der Waals surface area contributed by atoms with Gasteiger partial charge in [0, 0.05) is 37.1 Å². The zero-order valence-electron chi connectivity index (χ0n) is 13.8. The molecular formula is C18H22N4O2. The van der Waals surface area contributed by atoms with E-state index < -0.39 is 0 Å². The Labute approximate surface area is 141 Å². The van der Waals surface area contributed by atoms with E-state index in [1.165, 1.54) is 0 Å². The summed E-state index contributed by atoms with van der Waals surface area (Å²) in [5.41, 5.74) is 1.49. The fraction of sp³-hybridized carbons (Fsp3) is 0.389. The van der Waals surface area contributed by atoms with Gasteiger partial charge in [0.25, 0.3) is 0 Å². The van der Waals surface area contributed by atoms with Crippen LogP contribution in [-0.4, -0.2) is 41.0 Å². The molecule has 0 bridgehead atoms. The Morgan fingerprint density at radius 1 is 1.29 bits per heavy atom. The number of carbonyl (C=O) groups is 2. The first-order valence-corrected chi connectivity index (χ1v) is 8.36. The standard InChI is InChI=1S/C18H22N4O2/c1-2-16(23)20-14-8-5-11-22(12-14)18(24)21-15-9-3-6-13-7-4-10-19-17(13)15/h3-4,6-7,9-10,14H,2,5,8,11-12H2,1H3,(H,20,23)(H,21,24). The largest absolute Gasteiger partial charge is 0.352 e. The Bertz CT molecular complexity index is 741. The number of para-hydroxylation sites is 1. The zero-order chi connectivity index (χ0) is 16.9. The van der Waals surface area contributed by atoms with E-state index in [4.69, 9.17) is 0 Å². The molecule has 2 N–H and O–H groups in total. The fourth-order valence-electron chi connectivity index (χ4n) is 3.01. The van der Waals surface area contributed by atoms with Crippen LogP contribution in [-0.2, 0) is 4.79 Å². The summed E-state index contributed by atoms with van der Waals surface area (Å²) in [6, 6.07) is 9.45. The third kappa shape index (κ3) is 3.64. The second-order valence-corrected chi connectivity index (χ2v) is 6.02. The number of rotatable bonds is 3. The van der Waals surface area contributed by atoms with E-state index in [2.05, 4.69) is 15.6 Å². The molecule has 6 heteroatoms. The lowest BCUT2D eigenvalue weighted by Crippen LogP contribution is -2.50. The Hall–Kier alpha value is -2.63. The molecule has 1 aliphatic heterocycles. The van der Waals surface area contributed by atoms with Crippen LogP contribution in [0, 0.1) is 0 Å². The highest BCUT2D eigenvalue weighted by atomic mass is 16.2. The average Bonchev–Trinajstić information content (AvgIpc) is 2.62. The first kappa shape index (κ1) is 16.2. The number of piperidine rings is 1. The normalized spacial score (nSPS) is 17.5. The number of nitrogens with one attached hydrogen (secondary N) is 2. The number of hydrogen-bond acceptors (Lipinski definition) is 3. The number of pyridine rings is 1. The van der Waals surface area contributed by atoms with Gasteiger partial charge in [-0.15, -0.1) is 0 Å². The zero-order valence-corrected chi connectivity index (χ0v) is 13.8. The molecule has 1 unspecified atom stereocenters. The van der Waals surface area contributed by atoms with Gasteiger partial charge in [-0.3, -0.25) is 9.78 Å². The second-order valence-electron chi connectivity index (χ2n) is 6.02. The highest BCUT2D eigenvalue weighted by molar-refractivity contribution is 5.99. The van der Waals surface area contributed by atoms with Gasteiger partial charge in [0.05, 0.1) is 11.2 Å². The van der Waals surface area contributed by atoms with Crippen LogP contribution in [0.5, 0.6) is 0 Å². The number of hydrogen-bond donors (Lipinski definition) is 2. The van der Waals surface area contributed by atoms with Gasteiger partial charge >= 0.3 is 6.03 Å². The van der Waals surface area contributed by atoms with Crippen LogP contribution in [0.2, 0.25) is 0 Å². The van der Waals surface area contributed by atoms with Crippen molar-refractivity contribution in [2.45, 2.75) is 32.2 Å².